The molecule has 2 aromatic rings. The summed E-state index contributed by atoms with van der Waals surface area (Å²) in [6.07, 6.45) is 3.89. The molecular formula is C22H29ClN4O2S. The van der Waals surface area contributed by atoms with Crippen molar-refractivity contribution in [3.8, 4) is 0 Å². The van der Waals surface area contributed by atoms with Gasteiger partial charge in [0.15, 0.2) is 0 Å². The van der Waals surface area contributed by atoms with Gasteiger partial charge in [-0.2, -0.15) is 12.2 Å². The van der Waals surface area contributed by atoms with Crippen LogP contribution in [0.25, 0.3) is 0 Å². The zero-order valence-electron chi connectivity index (χ0n) is 17.7. The normalized spacial score (nSPS) is 21.6. The van der Waals surface area contributed by atoms with E-state index >= 15 is 0 Å². The Balaban J connectivity index is 1.47. The molecule has 2 saturated heterocycles. The average Bonchev–Trinajstić information content (AvgIpc) is 3.34. The van der Waals surface area contributed by atoms with Crippen LogP contribution in [0.4, 0.5) is 11.5 Å². The van der Waals surface area contributed by atoms with E-state index in [0.717, 1.165) is 34.8 Å². The number of fused-ring (bicyclic) bond motifs is 2. The molecule has 0 radical (unpaired) electrons. The van der Waals surface area contributed by atoms with Crippen molar-refractivity contribution >= 4 is 33.3 Å². The van der Waals surface area contributed by atoms with E-state index in [-0.39, 0.29) is 4.90 Å². The lowest BCUT2D eigenvalue weighted by Crippen LogP contribution is -2.46. The van der Waals surface area contributed by atoms with Crippen LogP contribution in [0.1, 0.15) is 45.1 Å². The summed E-state index contributed by atoms with van der Waals surface area (Å²) in [4.78, 5) is 9.59. The van der Waals surface area contributed by atoms with Crippen LogP contribution in [-0.4, -0.2) is 50.0 Å². The van der Waals surface area contributed by atoms with E-state index in [4.69, 9.17) is 11.8 Å². The molecule has 162 valence electrons. The summed E-state index contributed by atoms with van der Waals surface area (Å²) in [6, 6.07) is 11.5. The van der Waals surface area contributed by atoms with Crippen LogP contribution in [-0.2, 0) is 10.0 Å². The van der Waals surface area contributed by atoms with E-state index in [2.05, 4.69) is 35.6 Å². The van der Waals surface area contributed by atoms with E-state index < -0.39 is 10.0 Å². The van der Waals surface area contributed by atoms with Crippen LogP contribution in [0.15, 0.2) is 47.5 Å². The Hall–Kier alpha value is -1.83. The van der Waals surface area contributed by atoms with Crippen molar-refractivity contribution in [3.05, 3.63) is 48.2 Å². The number of halogens is 1. The third-order valence-corrected chi connectivity index (χ3v) is 8.39. The van der Waals surface area contributed by atoms with Gasteiger partial charge in [0.25, 0.3) is 10.0 Å². The molecule has 2 aliphatic heterocycles. The molecule has 0 saturated carbocycles. The second kappa shape index (κ2) is 8.36. The van der Waals surface area contributed by atoms with Crippen LogP contribution in [0.2, 0.25) is 0 Å². The number of anilines is 2. The van der Waals surface area contributed by atoms with Crippen LogP contribution in [0.5, 0.6) is 0 Å². The Kier molecular flexibility index (Phi) is 5.97. The molecule has 2 bridgehead atoms. The monoisotopic (exact) mass is 448 g/mol. The van der Waals surface area contributed by atoms with Gasteiger partial charge in [0.2, 0.25) is 0 Å². The summed E-state index contributed by atoms with van der Waals surface area (Å²) >= 11 is 6.25. The van der Waals surface area contributed by atoms with Crippen molar-refractivity contribution in [1.29, 1.82) is 0 Å². The van der Waals surface area contributed by atoms with Crippen molar-refractivity contribution in [2.24, 2.45) is 0 Å². The van der Waals surface area contributed by atoms with E-state index in [1.165, 1.54) is 19.0 Å². The Morgan fingerprint density at radius 3 is 2.40 bits per heavy atom. The summed E-state index contributed by atoms with van der Waals surface area (Å²) in [5.74, 6) is 1.21. The molecule has 30 heavy (non-hydrogen) atoms. The third kappa shape index (κ3) is 3.90. The maximum absolute atomic E-state index is 12.9. The molecule has 4 rings (SSSR count). The second-order valence-corrected chi connectivity index (χ2v) is 10.8. The molecule has 0 N–H and O–H groups in total. The molecule has 3 heterocycles. The minimum absolute atomic E-state index is 0.166. The largest absolute Gasteiger partial charge is 0.351 e. The summed E-state index contributed by atoms with van der Waals surface area (Å²) in [5, 5.41) is 0. The van der Waals surface area contributed by atoms with E-state index in [1.54, 1.807) is 18.2 Å². The number of likely N-dealkylation sites (tertiary alicyclic amines) is 1. The number of piperazine rings is 1. The Morgan fingerprint density at radius 1 is 1.13 bits per heavy atom. The molecule has 2 atom stereocenters. The van der Waals surface area contributed by atoms with Gasteiger partial charge in [0.1, 0.15) is 5.82 Å². The van der Waals surface area contributed by atoms with Crippen molar-refractivity contribution in [1.82, 2.24) is 9.88 Å². The lowest BCUT2D eigenvalue weighted by atomic mass is 10.0. The lowest BCUT2D eigenvalue weighted by molar-refractivity contribution is 0.239. The zero-order valence-corrected chi connectivity index (χ0v) is 19.3. The van der Waals surface area contributed by atoms with Gasteiger partial charge in [-0.1, -0.05) is 32.9 Å². The van der Waals surface area contributed by atoms with Gasteiger partial charge in [-0.05, 0) is 55.1 Å². The van der Waals surface area contributed by atoms with Gasteiger partial charge in [-0.3, -0.25) is 4.90 Å². The summed E-state index contributed by atoms with van der Waals surface area (Å²) in [7, 11) is -3.85. The zero-order chi connectivity index (χ0) is 21.5. The van der Waals surface area contributed by atoms with Crippen molar-refractivity contribution in [3.63, 3.8) is 0 Å². The van der Waals surface area contributed by atoms with Gasteiger partial charge >= 0.3 is 0 Å². The minimum Gasteiger partial charge on any atom is -0.351 e. The van der Waals surface area contributed by atoms with E-state index in [0.29, 0.717) is 23.7 Å². The van der Waals surface area contributed by atoms with Crippen molar-refractivity contribution < 1.29 is 8.42 Å². The lowest BCUT2D eigenvalue weighted by Gasteiger charge is -2.34. The fourth-order valence-corrected chi connectivity index (χ4v) is 5.89. The fraction of sp³-hybridized carbons (Fsp3) is 0.500. The SMILES string of the molecule is CCCN1CC2CC1CN2c1ccc(N(Cl)S(=O)(=O)c2ccc(C(C)C)cc2)cn1. The fourth-order valence-electron chi connectivity index (χ4n) is 4.50. The molecule has 2 unspecified atom stereocenters. The number of benzene rings is 1. The molecule has 1 aromatic heterocycles. The van der Waals surface area contributed by atoms with Crippen LogP contribution in [0.3, 0.4) is 0 Å². The first kappa shape index (κ1) is 21.4. The van der Waals surface area contributed by atoms with Crippen LogP contribution < -0.4 is 8.72 Å². The van der Waals surface area contributed by atoms with Crippen LogP contribution >= 0.6 is 11.8 Å². The highest BCUT2D eigenvalue weighted by Gasteiger charge is 2.43. The Labute approximate surface area is 184 Å². The molecule has 2 fully saturated rings. The number of aromatic nitrogens is 1. The first-order valence-electron chi connectivity index (χ1n) is 10.6. The Bertz CT molecular complexity index is 979. The molecule has 0 spiro atoms. The summed E-state index contributed by atoms with van der Waals surface area (Å²) in [6.45, 7) is 9.55. The quantitative estimate of drug-likeness (QED) is 0.593. The number of rotatable bonds is 7. The number of nitrogens with zero attached hydrogens (tertiary/aromatic N) is 4. The molecule has 1 aromatic carbocycles. The first-order valence-corrected chi connectivity index (χ1v) is 12.4. The topological polar surface area (TPSA) is 56.8 Å². The standard InChI is InChI=1S/C22H29ClN4O2S/c1-4-11-25-14-20-12-19(25)15-26(20)22-10-7-18(13-24-22)27(23)30(28,29)21-8-5-17(6-9-21)16(2)3/h5-10,13,16,19-20H,4,11-12,14-15H2,1-3H3. The average molecular weight is 449 g/mol. The number of sulfonamides is 1. The van der Waals surface area contributed by atoms with Crippen molar-refractivity contribution in [2.45, 2.75) is 56.5 Å². The highest BCUT2D eigenvalue weighted by molar-refractivity contribution is 7.94. The predicted molar refractivity (Wildman–Crippen MR) is 122 cm³/mol. The molecule has 6 nitrogen and oxygen atoms in total. The van der Waals surface area contributed by atoms with Gasteiger partial charge in [0, 0.05) is 36.9 Å². The van der Waals surface area contributed by atoms with Gasteiger partial charge in [0.05, 0.1) is 16.8 Å². The minimum atomic E-state index is -3.85. The van der Waals surface area contributed by atoms with Gasteiger partial charge in [-0.15, -0.1) is 0 Å². The molecular weight excluding hydrogens is 420 g/mol. The van der Waals surface area contributed by atoms with Gasteiger partial charge in [-0.25, -0.2) is 4.98 Å². The molecule has 8 heteroatoms. The predicted octanol–water partition coefficient (Wildman–Crippen LogP) is 4.23. The van der Waals surface area contributed by atoms with E-state index in [9.17, 15) is 8.42 Å². The Morgan fingerprint density at radius 2 is 1.87 bits per heavy atom. The molecule has 0 aliphatic carbocycles. The number of pyridine rings is 1. The smallest absolute Gasteiger partial charge is 0.278 e. The van der Waals surface area contributed by atoms with Crippen molar-refractivity contribution in [2.75, 3.05) is 28.4 Å². The first-order chi connectivity index (χ1) is 14.3. The summed E-state index contributed by atoms with van der Waals surface area (Å²) < 4.78 is 26.6. The van der Waals surface area contributed by atoms with Crippen LogP contribution in [0, 0.1) is 0 Å². The number of hydrogen-bond donors (Lipinski definition) is 0. The number of hydrogen-bond acceptors (Lipinski definition) is 5. The highest BCUT2D eigenvalue weighted by Crippen LogP contribution is 2.35. The highest BCUT2D eigenvalue weighted by atomic mass is 35.5. The van der Waals surface area contributed by atoms with E-state index in [1.807, 2.05) is 18.2 Å². The van der Waals surface area contributed by atoms with Gasteiger partial charge < -0.3 is 4.90 Å². The maximum atomic E-state index is 12.9. The second-order valence-electron chi connectivity index (χ2n) is 8.51. The maximum Gasteiger partial charge on any atom is 0.278 e. The molecule has 2 aliphatic rings. The third-order valence-electron chi connectivity index (χ3n) is 6.15. The summed E-state index contributed by atoms with van der Waals surface area (Å²) in [5.41, 5.74) is 1.42. The molecule has 0 amide bonds.